The van der Waals surface area contributed by atoms with Crippen LogP contribution in [-0.2, 0) is 14.3 Å². The summed E-state index contributed by atoms with van der Waals surface area (Å²) in [5.74, 6) is 0.384. The van der Waals surface area contributed by atoms with E-state index < -0.39 is 0 Å². The zero-order valence-corrected chi connectivity index (χ0v) is 14.2. The van der Waals surface area contributed by atoms with Gasteiger partial charge in [0.15, 0.2) is 0 Å². The van der Waals surface area contributed by atoms with E-state index in [0.29, 0.717) is 32.3 Å². The maximum absolute atomic E-state index is 12.5. The summed E-state index contributed by atoms with van der Waals surface area (Å²) in [5, 5.41) is 0. The van der Waals surface area contributed by atoms with Crippen molar-refractivity contribution in [2.24, 2.45) is 0 Å². The maximum atomic E-state index is 12.5. The smallest absolute Gasteiger partial charge is 0.251 e. The summed E-state index contributed by atoms with van der Waals surface area (Å²) < 4.78 is 5.48. The molecule has 0 saturated carbocycles. The molecule has 6 nitrogen and oxygen atoms in total. The zero-order valence-electron chi connectivity index (χ0n) is 14.2. The second kappa shape index (κ2) is 7.62. The molecule has 3 rings (SSSR count). The summed E-state index contributed by atoms with van der Waals surface area (Å²) in [6, 6.07) is 0.374. The van der Waals surface area contributed by atoms with Crippen LogP contribution in [0, 0.1) is 0 Å². The lowest BCUT2D eigenvalue weighted by atomic mass is 10.0. The van der Waals surface area contributed by atoms with Gasteiger partial charge in [0, 0.05) is 45.4 Å². The third kappa shape index (κ3) is 4.04. The average Bonchev–Trinajstić information content (AvgIpc) is 3.09. The predicted octanol–water partition coefficient (Wildman–Crippen LogP) is 0.711. The van der Waals surface area contributed by atoms with Crippen molar-refractivity contribution in [1.29, 1.82) is 0 Å². The van der Waals surface area contributed by atoms with Crippen molar-refractivity contribution in [2.75, 3.05) is 45.9 Å². The van der Waals surface area contributed by atoms with Crippen molar-refractivity contribution < 1.29 is 14.3 Å². The molecule has 3 aliphatic rings. The number of amides is 2. The van der Waals surface area contributed by atoms with E-state index in [1.807, 2.05) is 9.80 Å². The van der Waals surface area contributed by atoms with Gasteiger partial charge in [-0.05, 0) is 39.0 Å². The highest BCUT2D eigenvalue weighted by atomic mass is 16.5. The number of carbonyl (C=O) groups excluding carboxylic acids is 2. The molecule has 0 aromatic carbocycles. The second-order valence-electron chi connectivity index (χ2n) is 7.04. The predicted molar refractivity (Wildman–Crippen MR) is 87.0 cm³/mol. The first-order valence-corrected chi connectivity index (χ1v) is 9.07. The Morgan fingerprint density at radius 2 is 1.78 bits per heavy atom. The first-order valence-electron chi connectivity index (χ1n) is 9.07. The van der Waals surface area contributed by atoms with Crippen molar-refractivity contribution in [3.8, 4) is 0 Å². The van der Waals surface area contributed by atoms with E-state index >= 15 is 0 Å². The number of carbonyl (C=O) groups is 2. The van der Waals surface area contributed by atoms with Crippen LogP contribution in [0.1, 0.15) is 39.0 Å². The lowest BCUT2D eigenvalue weighted by molar-refractivity contribution is -0.143. The number of rotatable bonds is 3. The molecule has 2 atom stereocenters. The van der Waals surface area contributed by atoms with Crippen LogP contribution in [-0.4, -0.2) is 84.5 Å². The molecule has 0 aromatic rings. The van der Waals surface area contributed by atoms with E-state index in [1.54, 1.807) is 0 Å². The Hall–Kier alpha value is -1.14. The van der Waals surface area contributed by atoms with Gasteiger partial charge in [-0.2, -0.15) is 0 Å². The summed E-state index contributed by atoms with van der Waals surface area (Å²) in [5.41, 5.74) is 0. The fraction of sp³-hybridized carbons (Fsp3) is 0.882. The Bertz CT molecular complexity index is 429. The molecule has 2 amide bonds. The van der Waals surface area contributed by atoms with Gasteiger partial charge in [0.1, 0.15) is 6.10 Å². The maximum Gasteiger partial charge on any atom is 0.251 e. The molecule has 3 fully saturated rings. The van der Waals surface area contributed by atoms with Gasteiger partial charge in [0.2, 0.25) is 5.91 Å². The van der Waals surface area contributed by atoms with E-state index in [4.69, 9.17) is 4.74 Å². The number of piperidine rings is 1. The molecule has 23 heavy (non-hydrogen) atoms. The summed E-state index contributed by atoms with van der Waals surface area (Å²) >= 11 is 0. The standard InChI is InChI=1S/C17H29N3O3/c1-14-5-2-3-7-20(14)16(21)13-18-8-10-19(11-9-18)17(22)15-6-4-12-23-15/h14-15H,2-13H2,1H3. The molecule has 0 radical (unpaired) electrons. The molecule has 0 aliphatic carbocycles. The van der Waals surface area contributed by atoms with Crippen molar-refractivity contribution in [3.05, 3.63) is 0 Å². The Balaban J connectivity index is 1.43. The lowest BCUT2D eigenvalue weighted by Crippen LogP contribution is -2.54. The van der Waals surface area contributed by atoms with Crippen LogP contribution in [0.4, 0.5) is 0 Å². The van der Waals surface area contributed by atoms with Gasteiger partial charge in [0.05, 0.1) is 6.54 Å². The number of ether oxygens (including phenoxy) is 1. The zero-order chi connectivity index (χ0) is 16.2. The number of piperazine rings is 1. The highest BCUT2D eigenvalue weighted by molar-refractivity contribution is 5.81. The largest absolute Gasteiger partial charge is 0.368 e. The quantitative estimate of drug-likeness (QED) is 0.768. The van der Waals surface area contributed by atoms with E-state index in [-0.39, 0.29) is 17.9 Å². The monoisotopic (exact) mass is 323 g/mol. The van der Waals surface area contributed by atoms with Gasteiger partial charge < -0.3 is 14.5 Å². The van der Waals surface area contributed by atoms with Crippen LogP contribution in [0.5, 0.6) is 0 Å². The molecule has 3 saturated heterocycles. The van der Waals surface area contributed by atoms with E-state index in [9.17, 15) is 9.59 Å². The Labute approximate surface area is 138 Å². The Kier molecular flexibility index (Phi) is 5.54. The SMILES string of the molecule is CC1CCCCN1C(=O)CN1CCN(C(=O)C2CCCO2)CC1. The van der Waals surface area contributed by atoms with Crippen LogP contribution >= 0.6 is 0 Å². The molecule has 0 bridgehead atoms. The third-order valence-corrected chi connectivity index (χ3v) is 5.37. The summed E-state index contributed by atoms with van der Waals surface area (Å²) in [6.07, 6.45) is 5.09. The first kappa shape index (κ1) is 16.7. The third-order valence-electron chi connectivity index (χ3n) is 5.37. The summed E-state index contributed by atoms with van der Waals surface area (Å²) in [6.45, 7) is 7.24. The van der Waals surface area contributed by atoms with Crippen LogP contribution < -0.4 is 0 Å². The number of nitrogens with zero attached hydrogens (tertiary/aromatic N) is 3. The minimum atomic E-state index is -0.225. The summed E-state index contributed by atoms with van der Waals surface area (Å²) in [7, 11) is 0. The minimum absolute atomic E-state index is 0.137. The Morgan fingerprint density at radius 1 is 1.00 bits per heavy atom. The molecular weight excluding hydrogens is 294 g/mol. The van der Waals surface area contributed by atoms with Gasteiger partial charge in [-0.15, -0.1) is 0 Å². The molecule has 130 valence electrons. The highest BCUT2D eigenvalue weighted by Crippen LogP contribution is 2.18. The van der Waals surface area contributed by atoms with E-state index in [1.165, 1.54) is 6.42 Å². The van der Waals surface area contributed by atoms with E-state index in [2.05, 4.69) is 11.8 Å². The molecule has 3 aliphatic heterocycles. The van der Waals surface area contributed by atoms with Gasteiger partial charge >= 0.3 is 0 Å². The summed E-state index contributed by atoms with van der Waals surface area (Å²) in [4.78, 5) is 30.9. The Morgan fingerprint density at radius 3 is 2.43 bits per heavy atom. The molecule has 0 aromatic heterocycles. The molecule has 3 heterocycles. The topological polar surface area (TPSA) is 53.1 Å². The molecule has 0 spiro atoms. The fourth-order valence-corrected chi connectivity index (χ4v) is 3.85. The average molecular weight is 323 g/mol. The van der Waals surface area contributed by atoms with Gasteiger partial charge in [-0.25, -0.2) is 0 Å². The lowest BCUT2D eigenvalue weighted by Gasteiger charge is -2.38. The number of likely N-dealkylation sites (tertiary alicyclic amines) is 1. The first-order chi connectivity index (χ1) is 11.1. The van der Waals surface area contributed by atoms with Gasteiger partial charge in [-0.1, -0.05) is 0 Å². The second-order valence-corrected chi connectivity index (χ2v) is 7.04. The molecule has 6 heteroatoms. The van der Waals surface area contributed by atoms with Crippen molar-refractivity contribution in [3.63, 3.8) is 0 Å². The minimum Gasteiger partial charge on any atom is -0.368 e. The van der Waals surface area contributed by atoms with E-state index in [0.717, 1.165) is 45.3 Å². The van der Waals surface area contributed by atoms with Gasteiger partial charge in [0.25, 0.3) is 5.91 Å². The van der Waals surface area contributed by atoms with Crippen LogP contribution in [0.25, 0.3) is 0 Å². The fourth-order valence-electron chi connectivity index (χ4n) is 3.85. The highest BCUT2D eigenvalue weighted by Gasteiger charge is 2.31. The molecular formula is C17H29N3O3. The normalized spacial score (nSPS) is 29.8. The van der Waals surface area contributed by atoms with Crippen molar-refractivity contribution in [2.45, 2.75) is 51.2 Å². The van der Waals surface area contributed by atoms with Crippen molar-refractivity contribution >= 4 is 11.8 Å². The van der Waals surface area contributed by atoms with Crippen LogP contribution in [0.3, 0.4) is 0 Å². The number of hydrogen-bond donors (Lipinski definition) is 0. The molecule has 0 N–H and O–H groups in total. The van der Waals surface area contributed by atoms with Crippen molar-refractivity contribution in [1.82, 2.24) is 14.7 Å². The van der Waals surface area contributed by atoms with Gasteiger partial charge in [-0.3, -0.25) is 14.5 Å². The molecule has 2 unspecified atom stereocenters. The number of hydrogen-bond acceptors (Lipinski definition) is 4. The van der Waals surface area contributed by atoms with Crippen LogP contribution in [0.2, 0.25) is 0 Å². The van der Waals surface area contributed by atoms with Crippen LogP contribution in [0.15, 0.2) is 0 Å².